The Labute approximate surface area is 124 Å². The summed E-state index contributed by atoms with van der Waals surface area (Å²) in [6.45, 7) is 6.69. The molecule has 0 bridgehead atoms. The minimum Gasteiger partial charge on any atom is -0.323 e. The number of carbonyl (C=O) groups excluding carboxylic acids is 1. The molecule has 20 heavy (non-hydrogen) atoms. The largest absolute Gasteiger partial charge is 0.323 e. The van der Waals surface area contributed by atoms with Crippen LogP contribution >= 0.6 is 11.6 Å². The summed E-state index contributed by atoms with van der Waals surface area (Å²) in [7, 11) is 0. The Kier molecular flexibility index (Phi) is 4.01. The van der Waals surface area contributed by atoms with Crippen molar-refractivity contribution in [2.45, 2.75) is 45.1 Å². The van der Waals surface area contributed by atoms with Gasteiger partial charge in [0.15, 0.2) is 0 Å². The van der Waals surface area contributed by atoms with Crippen LogP contribution in [-0.2, 0) is 5.41 Å². The molecule has 106 valence electrons. The van der Waals surface area contributed by atoms with Gasteiger partial charge in [-0.05, 0) is 25.0 Å². The number of aromatic nitrogens is 1. The summed E-state index contributed by atoms with van der Waals surface area (Å²) in [5, 5.41) is 9.40. The molecule has 5 heteroatoms. The van der Waals surface area contributed by atoms with Gasteiger partial charge in [-0.3, -0.25) is 4.79 Å². The number of nitriles is 1. The monoisotopic (exact) mass is 291 g/mol. The van der Waals surface area contributed by atoms with Crippen molar-refractivity contribution in [3.8, 4) is 6.07 Å². The van der Waals surface area contributed by atoms with Crippen molar-refractivity contribution in [1.82, 2.24) is 9.88 Å². The van der Waals surface area contributed by atoms with Gasteiger partial charge in [0.1, 0.15) is 11.2 Å². The molecule has 4 nitrogen and oxygen atoms in total. The average molecular weight is 292 g/mol. The molecule has 0 N–H and O–H groups in total. The van der Waals surface area contributed by atoms with Crippen molar-refractivity contribution in [3.05, 3.63) is 28.5 Å². The second-order valence-corrected chi connectivity index (χ2v) is 6.49. The topological polar surface area (TPSA) is 57.0 Å². The molecule has 0 aliphatic carbocycles. The van der Waals surface area contributed by atoms with E-state index in [-0.39, 0.29) is 17.4 Å². The molecule has 1 amide bonds. The molecular formula is C15H18ClN3O. The summed E-state index contributed by atoms with van der Waals surface area (Å²) in [5.74, 6) is -0.135. The first-order chi connectivity index (χ1) is 9.32. The van der Waals surface area contributed by atoms with Crippen molar-refractivity contribution >= 4 is 17.5 Å². The summed E-state index contributed by atoms with van der Waals surface area (Å²) in [6.07, 6.45) is 1.61. The van der Waals surface area contributed by atoms with Gasteiger partial charge in [-0.1, -0.05) is 32.4 Å². The molecule has 0 saturated carbocycles. The Morgan fingerprint density at radius 3 is 2.80 bits per heavy atom. The molecule has 1 saturated heterocycles. The molecule has 1 aliphatic heterocycles. The molecule has 0 aromatic carbocycles. The van der Waals surface area contributed by atoms with E-state index in [2.05, 4.69) is 11.1 Å². The van der Waals surface area contributed by atoms with Gasteiger partial charge in [0.05, 0.1) is 6.07 Å². The summed E-state index contributed by atoms with van der Waals surface area (Å²) in [6, 6.07) is 5.21. The van der Waals surface area contributed by atoms with Crippen molar-refractivity contribution in [1.29, 1.82) is 5.26 Å². The summed E-state index contributed by atoms with van der Waals surface area (Å²) in [5.41, 5.74) is 1.11. The maximum Gasteiger partial charge on any atom is 0.255 e. The second kappa shape index (κ2) is 5.41. The number of carbonyl (C=O) groups is 1. The fourth-order valence-electron chi connectivity index (χ4n) is 2.31. The zero-order valence-corrected chi connectivity index (χ0v) is 12.7. The fourth-order valence-corrected chi connectivity index (χ4v) is 2.52. The zero-order chi connectivity index (χ0) is 14.9. The fraction of sp³-hybridized carbons (Fsp3) is 0.533. The molecule has 2 heterocycles. The van der Waals surface area contributed by atoms with Crippen molar-refractivity contribution < 1.29 is 4.79 Å². The maximum absolute atomic E-state index is 12.5. The molecule has 1 unspecified atom stereocenters. The lowest BCUT2D eigenvalue weighted by atomic mass is 9.90. The van der Waals surface area contributed by atoms with Crippen LogP contribution in [-0.4, -0.2) is 28.4 Å². The lowest BCUT2D eigenvalue weighted by molar-refractivity contribution is 0.0764. The van der Waals surface area contributed by atoms with E-state index in [1.165, 1.54) is 0 Å². The minimum atomic E-state index is -0.326. The highest BCUT2D eigenvalue weighted by Gasteiger charge is 2.30. The molecule has 1 aliphatic rings. The second-order valence-electron chi connectivity index (χ2n) is 6.10. The van der Waals surface area contributed by atoms with E-state index >= 15 is 0 Å². The predicted molar refractivity (Wildman–Crippen MR) is 77.6 cm³/mol. The third-order valence-corrected chi connectivity index (χ3v) is 3.67. The van der Waals surface area contributed by atoms with Crippen molar-refractivity contribution in [3.63, 3.8) is 0 Å². The number of hydrogen-bond acceptors (Lipinski definition) is 3. The summed E-state index contributed by atoms with van der Waals surface area (Å²) >= 11 is 6.03. The van der Waals surface area contributed by atoms with Gasteiger partial charge in [0.25, 0.3) is 5.91 Å². The van der Waals surface area contributed by atoms with Gasteiger partial charge in [0, 0.05) is 23.2 Å². The van der Waals surface area contributed by atoms with E-state index in [9.17, 15) is 4.79 Å². The van der Waals surface area contributed by atoms with Gasteiger partial charge in [0.2, 0.25) is 0 Å². The van der Waals surface area contributed by atoms with Gasteiger partial charge in [-0.15, -0.1) is 0 Å². The maximum atomic E-state index is 12.5. The molecular weight excluding hydrogens is 274 g/mol. The smallest absolute Gasteiger partial charge is 0.255 e. The van der Waals surface area contributed by atoms with Crippen LogP contribution in [0.3, 0.4) is 0 Å². The normalized spacial score (nSPS) is 18.9. The first kappa shape index (κ1) is 14.8. The third-order valence-electron chi connectivity index (χ3n) is 3.47. The zero-order valence-electron chi connectivity index (χ0n) is 12.0. The Bertz CT molecular complexity index is 571. The van der Waals surface area contributed by atoms with Crippen molar-refractivity contribution in [2.75, 3.05) is 6.54 Å². The molecule has 0 radical (unpaired) electrons. The average Bonchev–Trinajstić information content (AvgIpc) is 2.84. The number of rotatable bonds is 1. The Hall–Kier alpha value is -1.60. The Morgan fingerprint density at radius 1 is 1.50 bits per heavy atom. The number of likely N-dealkylation sites (tertiary alicyclic amines) is 1. The van der Waals surface area contributed by atoms with Crippen LogP contribution < -0.4 is 0 Å². The first-order valence-electron chi connectivity index (χ1n) is 6.71. The predicted octanol–water partition coefficient (Wildman–Crippen LogP) is 3.16. The quantitative estimate of drug-likeness (QED) is 0.747. The highest BCUT2D eigenvalue weighted by Crippen LogP contribution is 2.26. The van der Waals surface area contributed by atoms with E-state index in [1.54, 1.807) is 17.0 Å². The lowest BCUT2D eigenvalue weighted by Gasteiger charge is -2.22. The van der Waals surface area contributed by atoms with Crippen molar-refractivity contribution in [2.24, 2.45) is 0 Å². The molecule has 1 atom stereocenters. The van der Waals surface area contributed by atoms with E-state index in [0.29, 0.717) is 17.3 Å². The van der Waals surface area contributed by atoms with Crippen LogP contribution in [0.1, 0.15) is 49.7 Å². The highest BCUT2D eigenvalue weighted by atomic mass is 35.5. The van der Waals surface area contributed by atoms with E-state index in [4.69, 9.17) is 16.9 Å². The van der Waals surface area contributed by atoms with Crippen LogP contribution in [0, 0.1) is 11.3 Å². The minimum absolute atomic E-state index is 0.135. The van der Waals surface area contributed by atoms with E-state index < -0.39 is 0 Å². The van der Waals surface area contributed by atoms with Crippen LogP contribution in [0.5, 0.6) is 0 Å². The Morgan fingerprint density at radius 2 is 2.20 bits per heavy atom. The SMILES string of the molecule is CC(C)(C)c1cc(C(=O)N2CCCC2C#N)cc(Cl)n1. The standard InChI is InChI=1S/C15H18ClN3O/c1-15(2,3)12-7-10(8-13(16)18-12)14(20)19-6-4-5-11(19)9-17/h7-8,11H,4-6H2,1-3H3. The molecule has 2 rings (SSSR count). The third kappa shape index (κ3) is 2.94. The molecule has 1 aromatic rings. The van der Waals surface area contributed by atoms with E-state index in [0.717, 1.165) is 18.5 Å². The van der Waals surface area contributed by atoms with Crippen LogP contribution in [0.4, 0.5) is 0 Å². The summed E-state index contributed by atoms with van der Waals surface area (Å²) in [4.78, 5) is 18.4. The highest BCUT2D eigenvalue weighted by molar-refractivity contribution is 6.29. The van der Waals surface area contributed by atoms with Gasteiger partial charge >= 0.3 is 0 Å². The molecule has 1 aromatic heterocycles. The number of pyridine rings is 1. The van der Waals surface area contributed by atoms with Crippen LogP contribution in [0.15, 0.2) is 12.1 Å². The molecule has 0 spiro atoms. The van der Waals surface area contributed by atoms with Gasteiger partial charge in [-0.2, -0.15) is 5.26 Å². The summed E-state index contributed by atoms with van der Waals surface area (Å²) < 4.78 is 0. The van der Waals surface area contributed by atoms with Crippen LogP contribution in [0.2, 0.25) is 5.15 Å². The van der Waals surface area contributed by atoms with E-state index in [1.807, 2.05) is 20.8 Å². The number of halogens is 1. The number of amides is 1. The number of nitrogens with zero attached hydrogens (tertiary/aromatic N) is 3. The lowest BCUT2D eigenvalue weighted by Crippen LogP contribution is -2.34. The van der Waals surface area contributed by atoms with Gasteiger partial charge < -0.3 is 4.90 Å². The number of hydrogen-bond donors (Lipinski definition) is 0. The van der Waals surface area contributed by atoms with Gasteiger partial charge in [-0.25, -0.2) is 4.98 Å². The first-order valence-corrected chi connectivity index (χ1v) is 7.09. The Balaban J connectivity index is 2.36. The molecule has 1 fully saturated rings. The van der Waals surface area contributed by atoms with Crippen LogP contribution in [0.25, 0.3) is 0 Å².